The van der Waals surface area contributed by atoms with Gasteiger partial charge < -0.3 is 10.1 Å². The van der Waals surface area contributed by atoms with Crippen LogP contribution in [0.3, 0.4) is 0 Å². The zero-order valence-corrected chi connectivity index (χ0v) is 13.4. The minimum absolute atomic E-state index is 0.507. The second-order valence-corrected chi connectivity index (χ2v) is 5.72. The van der Waals surface area contributed by atoms with Gasteiger partial charge in [0.15, 0.2) is 0 Å². The molecule has 0 saturated carbocycles. The Hall–Kier alpha value is -1.80. The van der Waals surface area contributed by atoms with Gasteiger partial charge in [0.1, 0.15) is 11.5 Å². The molecular formula is C19H25NO. The van der Waals surface area contributed by atoms with Crippen LogP contribution in [0.25, 0.3) is 0 Å². The lowest BCUT2D eigenvalue weighted by Gasteiger charge is -2.14. The molecule has 0 heterocycles. The molecule has 2 heteroatoms. The average molecular weight is 283 g/mol. The molecule has 0 radical (unpaired) electrons. The number of hydrogen-bond donors (Lipinski definition) is 1. The van der Waals surface area contributed by atoms with Crippen molar-refractivity contribution in [3.8, 4) is 11.5 Å². The second-order valence-electron chi connectivity index (χ2n) is 5.72. The fourth-order valence-electron chi connectivity index (χ4n) is 2.27. The summed E-state index contributed by atoms with van der Waals surface area (Å²) in [5.74, 6) is 2.35. The molecule has 0 unspecified atom stereocenters. The van der Waals surface area contributed by atoms with Gasteiger partial charge in [-0.05, 0) is 43.1 Å². The number of hydrogen-bond acceptors (Lipinski definition) is 2. The molecule has 0 fully saturated rings. The number of rotatable bonds is 6. The van der Waals surface area contributed by atoms with E-state index in [4.69, 9.17) is 4.74 Å². The first-order valence-electron chi connectivity index (χ1n) is 7.68. The van der Waals surface area contributed by atoms with E-state index in [1.807, 2.05) is 6.07 Å². The fourth-order valence-corrected chi connectivity index (χ4v) is 2.27. The maximum Gasteiger partial charge on any atom is 0.131 e. The Morgan fingerprint density at radius 2 is 1.90 bits per heavy atom. The number of benzene rings is 2. The predicted octanol–water partition coefficient (Wildman–Crippen LogP) is 5.02. The molecule has 2 rings (SSSR count). The SMILES string of the molecule is CCNCc1cc(C)ccc1Oc1cccc(C(C)C)c1. The van der Waals surface area contributed by atoms with Crippen LogP contribution in [0, 0.1) is 6.92 Å². The van der Waals surface area contributed by atoms with E-state index in [9.17, 15) is 0 Å². The third kappa shape index (κ3) is 4.33. The summed E-state index contributed by atoms with van der Waals surface area (Å²) >= 11 is 0. The molecule has 0 atom stereocenters. The Kier molecular flexibility index (Phi) is 5.40. The van der Waals surface area contributed by atoms with Gasteiger partial charge in [0.25, 0.3) is 0 Å². The molecule has 2 aromatic rings. The first kappa shape index (κ1) is 15.6. The number of nitrogens with one attached hydrogen (secondary N) is 1. The van der Waals surface area contributed by atoms with Crippen LogP contribution in [0.5, 0.6) is 11.5 Å². The lowest BCUT2D eigenvalue weighted by atomic mass is 10.0. The molecule has 0 saturated heterocycles. The van der Waals surface area contributed by atoms with Crippen LogP contribution in [0.15, 0.2) is 42.5 Å². The molecule has 1 N–H and O–H groups in total. The van der Waals surface area contributed by atoms with Gasteiger partial charge in [-0.2, -0.15) is 0 Å². The van der Waals surface area contributed by atoms with Crippen molar-refractivity contribution in [2.75, 3.05) is 6.54 Å². The minimum atomic E-state index is 0.507. The largest absolute Gasteiger partial charge is 0.457 e. The summed E-state index contributed by atoms with van der Waals surface area (Å²) in [4.78, 5) is 0. The first-order valence-corrected chi connectivity index (χ1v) is 7.68. The topological polar surface area (TPSA) is 21.3 Å². The highest BCUT2D eigenvalue weighted by Gasteiger charge is 2.07. The molecule has 2 nitrogen and oxygen atoms in total. The highest BCUT2D eigenvalue weighted by molar-refractivity contribution is 5.41. The van der Waals surface area contributed by atoms with E-state index in [1.54, 1.807) is 0 Å². The van der Waals surface area contributed by atoms with E-state index >= 15 is 0 Å². The second kappa shape index (κ2) is 7.28. The van der Waals surface area contributed by atoms with Crippen molar-refractivity contribution in [1.82, 2.24) is 5.32 Å². The summed E-state index contributed by atoms with van der Waals surface area (Å²) in [5.41, 5.74) is 3.76. The molecule has 21 heavy (non-hydrogen) atoms. The molecule has 0 aliphatic heterocycles. The Morgan fingerprint density at radius 3 is 2.62 bits per heavy atom. The molecule has 0 spiro atoms. The summed E-state index contributed by atoms with van der Waals surface area (Å²) in [5, 5.41) is 3.37. The van der Waals surface area contributed by atoms with Crippen molar-refractivity contribution >= 4 is 0 Å². The fraction of sp³-hybridized carbons (Fsp3) is 0.368. The maximum absolute atomic E-state index is 6.11. The molecule has 112 valence electrons. The van der Waals surface area contributed by atoms with Crippen molar-refractivity contribution in [2.24, 2.45) is 0 Å². The van der Waals surface area contributed by atoms with Gasteiger partial charge in [-0.25, -0.2) is 0 Å². The lowest BCUT2D eigenvalue weighted by molar-refractivity contribution is 0.472. The van der Waals surface area contributed by atoms with Crippen molar-refractivity contribution < 1.29 is 4.74 Å². The molecule has 2 aromatic carbocycles. The third-order valence-corrected chi connectivity index (χ3v) is 3.53. The van der Waals surface area contributed by atoms with E-state index < -0.39 is 0 Å². The van der Waals surface area contributed by atoms with Crippen molar-refractivity contribution in [1.29, 1.82) is 0 Å². The summed E-state index contributed by atoms with van der Waals surface area (Å²) in [6.07, 6.45) is 0. The Bertz CT molecular complexity index is 590. The molecule has 0 aliphatic carbocycles. The van der Waals surface area contributed by atoms with E-state index in [1.165, 1.54) is 16.7 Å². The van der Waals surface area contributed by atoms with Gasteiger partial charge in [-0.15, -0.1) is 0 Å². The van der Waals surface area contributed by atoms with Crippen LogP contribution in [0.2, 0.25) is 0 Å². The van der Waals surface area contributed by atoms with Gasteiger partial charge in [-0.3, -0.25) is 0 Å². The average Bonchev–Trinajstić information content (AvgIpc) is 2.47. The predicted molar refractivity (Wildman–Crippen MR) is 89.2 cm³/mol. The minimum Gasteiger partial charge on any atom is -0.457 e. The summed E-state index contributed by atoms with van der Waals surface area (Å²) in [6.45, 7) is 10.4. The third-order valence-electron chi connectivity index (χ3n) is 3.53. The van der Waals surface area contributed by atoms with Crippen LogP contribution in [-0.4, -0.2) is 6.54 Å². The Balaban J connectivity index is 2.24. The summed E-state index contributed by atoms with van der Waals surface area (Å²) < 4.78 is 6.11. The van der Waals surface area contributed by atoms with Gasteiger partial charge in [-0.1, -0.05) is 50.6 Å². The van der Waals surface area contributed by atoms with Crippen LogP contribution in [0.4, 0.5) is 0 Å². The number of ether oxygens (including phenoxy) is 1. The van der Waals surface area contributed by atoms with Crippen LogP contribution >= 0.6 is 0 Å². The summed E-state index contributed by atoms with van der Waals surface area (Å²) in [7, 11) is 0. The van der Waals surface area contributed by atoms with Gasteiger partial charge >= 0.3 is 0 Å². The number of aryl methyl sites for hydroxylation is 1. The van der Waals surface area contributed by atoms with Crippen molar-refractivity contribution in [3.05, 3.63) is 59.2 Å². The lowest BCUT2D eigenvalue weighted by Crippen LogP contribution is -2.12. The Morgan fingerprint density at radius 1 is 1.10 bits per heavy atom. The highest BCUT2D eigenvalue weighted by atomic mass is 16.5. The standard InChI is InChI=1S/C19H25NO/c1-5-20-13-17-11-15(4)9-10-19(17)21-18-8-6-7-16(12-18)14(2)3/h6-12,14,20H,5,13H2,1-4H3. The van der Waals surface area contributed by atoms with E-state index in [0.29, 0.717) is 5.92 Å². The first-order chi connectivity index (χ1) is 10.1. The van der Waals surface area contributed by atoms with Gasteiger partial charge in [0.05, 0.1) is 0 Å². The van der Waals surface area contributed by atoms with Gasteiger partial charge in [0, 0.05) is 12.1 Å². The Labute approximate surface area is 128 Å². The van der Waals surface area contributed by atoms with E-state index in [0.717, 1.165) is 24.6 Å². The molecular weight excluding hydrogens is 258 g/mol. The maximum atomic E-state index is 6.11. The highest BCUT2D eigenvalue weighted by Crippen LogP contribution is 2.28. The molecule has 0 bridgehead atoms. The quantitative estimate of drug-likeness (QED) is 0.803. The molecule has 0 aromatic heterocycles. The van der Waals surface area contributed by atoms with Crippen LogP contribution in [-0.2, 0) is 6.54 Å². The van der Waals surface area contributed by atoms with Crippen LogP contribution in [0.1, 0.15) is 43.4 Å². The monoisotopic (exact) mass is 283 g/mol. The van der Waals surface area contributed by atoms with Crippen LogP contribution < -0.4 is 10.1 Å². The van der Waals surface area contributed by atoms with Gasteiger partial charge in [0.2, 0.25) is 0 Å². The normalized spacial score (nSPS) is 10.9. The van der Waals surface area contributed by atoms with Crippen molar-refractivity contribution in [2.45, 2.75) is 40.2 Å². The van der Waals surface area contributed by atoms with Crippen molar-refractivity contribution in [3.63, 3.8) is 0 Å². The van der Waals surface area contributed by atoms with E-state index in [-0.39, 0.29) is 0 Å². The smallest absolute Gasteiger partial charge is 0.131 e. The summed E-state index contributed by atoms with van der Waals surface area (Å²) in [6, 6.07) is 14.7. The van der Waals surface area contributed by atoms with E-state index in [2.05, 4.69) is 69.4 Å². The molecule has 0 amide bonds. The zero-order chi connectivity index (χ0) is 15.2. The molecule has 0 aliphatic rings. The zero-order valence-electron chi connectivity index (χ0n) is 13.4.